The van der Waals surface area contributed by atoms with Gasteiger partial charge in [0.05, 0.1) is 13.2 Å². The minimum absolute atomic E-state index is 0.0309. The van der Waals surface area contributed by atoms with Crippen LogP contribution >= 0.6 is 11.3 Å². The van der Waals surface area contributed by atoms with Crippen LogP contribution < -0.4 is 5.32 Å². The molecule has 1 aliphatic carbocycles. The molecule has 0 saturated carbocycles. The van der Waals surface area contributed by atoms with E-state index >= 15 is 0 Å². The monoisotopic (exact) mass is 368 g/mol. The summed E-state index contributed by atoms with van der Waals surface area (Å²) in [4.78, 5) is 25.7. The van der Waals surface area contributed by atoms with Gasteiger partial charge in [0, 0.05) is 5.39 Å². The molecule has 134 valence electrons. The fourth-order valence-corrected chi connectivity index (χ4v) is 4.59. The van der Waals surface area contributed by atoms with E-state index in [0.29, 0.717) is 5.69 Å². The van der Waals surface area contributed by atoms with Gasteiger partial charge >= 0.3 is 5.97 Å². The number of nitrogens with zero attached hydrogens (tertiary/aromatic N) is 1. The number of thiophene rings is 1. The molecule has 0 fully saturated rings. The highest BCUT2D eigenvalue weighted by molar-refractivity contribution is 7.16. The molecule has 3 aromatic rings. The van der Waals surface area contributed by atoms with Crippen LogP contribution in [-0.2, 0) is 22.5 Å². The van der Waals surface area contributed by atoms with Crippen molar-refractivity contribution in [2.45, 2.75) is 31.8 Å². The average Bonchev–Trinajstić information content (AvgIpc) is 3.24. The molecule has 0 saturated heterocycles. The number of hydrogen-bond acceptors (Lipinski definition) is 4. The molecule has 5 nitrogen and oxygen atoms in total. The molecule has 2 aromatic heterocycles. The first-order valence-corrected chi connectivity index (χ1v) is 9.57. The number of ether oxygens (including phenoxy) is 1. The first kappa shape index (κ1) is 16.8. The van der Waals surface area contributed by atoms with Crippen LogP contribution in [0.15, 0.2) is 41.8 Å². The summed E-state index contributed by atoms with van der Waals surface area (Å²) < 4.78 is 6.61. The number of rotatable bonds is 4. The summed E-state index contributed by atoms with van der Waals surface area (Å²) in [6, 6.07) is 12.0. The quantitative estimate of drug-likeness (QED) is 0.715. The Hall–Kier alpha value is -2.60. The summed E-state index contributed by atoms with van der Waals surface area (Å²) in [7, 11) is 1.35. The van der Waals surface area contributed by atoms with E-state index in [-0.39, 0.29) is 18.5 Å². The number of fused-ring (bicyclic) bond motifs is 2. The highest BCUT2D eigenvalue weighted by atomic mass is 32.1. The number of nitrogens with one attached hydrogen (secondary N) is 1. The number of aryl methyl sites for hydroxylation is 1. The van der Waals surface area contributed by atoms with Crippen molar-refractivity contribution in [2.75, 3.05) is 7.11 Å². The molecule has 0 aliphatic heterocycles. The van der Waals surface area contributed by atoms with Gasteiger partial charge in [0.25, 0.3) is 0 Å². The van der Waals surface area contributed by atoms with Crippen molar-refractivity contribution in [2.24, 2.45) is 0 Å². The lowest BCUT2D eigenvalue weighted by atomic mass is 9.88. The third-order valence-corrected chi connectivity index (χ3v) is 5.85. The lowest BCUT2D eigenvalue weighted by molar-refractivity contribution is -0.122. The van der Waals surface area contributed by atoms with Gasteiger partial charge in [-0.05, 0) is 47.9 Å². The number of carbonyl (C=O) groups is 2. The van der Waals surface area contributed by atoms with E-state index in [1.54, 1.807) is 10.6 Å². The third-order valence-electron chi connectivity index (χ3n) is 4.90. The van der Waals surface area contributed by atoms with Crippen LogP contribution in [0.3, 0.4) is 0 Å². The summed E-state index contributed by atoms with van der Waals surface area (Å²) in [6.45, 7) is 0.104. The van der Waals surface area contributed by atoms with Gasteiger partial charge < -0.3 is 14.6 Å². The van der Waals surface area contributed by atoms with Crippen molar-refractivity contribution >= 4 is 33.4 Å². The Morgan fingerprint density at radius 2 is 2.15 bits per heavy atom. The SMILES string of the molecule is COC(=O)c1cc2ccsc2n1CC(=O)N[C@H]1CCCc2ccccc21. The molecule has 26 heavy (non-hydrogen) atoms. The maximum absolute atomic E-state index is 12.7. The van der Waals surface area contributed by atoms with Crippen molar-refractivity contribution in [3.63, 3.8) is 0 Å². The van der Waals surface area contributed by atoms with Gasteiger partial charge in [-0.2, -0.15) is 0 Å². The summed E-state index contributed by atoms with van der Waals surface area (Å²) >= 11 is 1.51. The lowest BCUT2D eigenvalue weighted by Crippen LogP contribution is -2.34. The van der Waals surface area contributed by atoms with Crippen molar-refractivity contribution in [1.29, 1.82) is 0 Å². The smallest absolute Gasteiger partial charge is 0.354 e. The molecule has 1 atom stereocenters. The fourth-order valence-electron chi connectivity index (χ4n) is 3.69. The Kier molecular flexibility index (Phi) is 4.51. The van der Waals surface area contributed by atoms with Crippen molar-refractivity contribution in [3.8, 4) is 0 Å². The Balaban J connectivity index is 1.57. The Labute approximate surface area is 155 Å². The number of carbonyl (C=O) groups excluding carboxylic acids is 2. The molecule has 0 bridgehead atoms. The Morgan fingerprint density at radius 3 is 3.00 bits per heavy atom. The maximum atomic E-state index is 12.7. The number of amides is 1. The minimum atomic E-state index is -0.427. The molecular weight excluding hydrogens is 348 g/mol. The van der Waals surface area contributed by atoms with E-state index in [2.05, 4.69) is 17.4 Å². The van der Waals surface area contributed by atoms with Crippen LogP contribution in [0.25, 0.3) is 10.2 Å². The number of aromatic nitrogens is 1. The molecule has 6 heteroatoms. The second-order valence-corrected chi connectivity index (χ2v) is 7.39. The zero-order valence-corrected chi connectivity index (χ0v) is 15.3. The van der Waals surface area contributed by atoms with E-state index in [1.807, 2.05) is 23.6 Å². The maximum Gasteiger partial charge on any atom is 0.354 e. The van der Waals surface area contributed by atoms with Crippen LogP contribution in [-0.4, -0.2) is 23.6 Å². The van der Waals surface area contributed by atoms with E-state index in [0.717, 1.165) is 29.5 Å². The van der Waals surface area contributed by atoms with Gasteiger partial charge in [0.15, 0.2) is 0 Å². The molecule has 0 unspecified atom stereocenters. The van der Waals surface area contributed by atoms with Gasteiger partial charge in [-0.25, -0.2) is 4.79 Å². The molecule has 0 spiro atoms. The molecule has 4 rings (SSSR count). The van der Waals surface area contributed by atoms with Crippen LogP contribution in [0, 0.1) is 0 Å². The van der Waals surface area contributed by atoms with Crippen LogP contribution in [0.2, 0.25) is 0 Å². The zero-order valence-electron chi connectivity index (χ0n) is 14.5. The lowest BCUT2D eigenvalue weighted by Gasteiger charge is -2.26. The molecule has 1 aliphatic rings. The standard InChI is InChI=1S/C20H20N2O3S/c1-25-20(24)17-11-14-9-10-26-19(14)22(17)12-18(23)21-16-8-4-6-13-5-2-3-7-15(13)16/h2-3,5,7,9-11,16H,4,6,8,12H2,1H3,(H,21,23)/t16-/m0/s1. The molecular formula is C20H20N2O3S. The molecule has 0 radical (unpaired) electrons. The van der Waals surface area contributed by atoms with E-state index < -0.39 is 5.97 Å². The van der Waals surface area contributed by atoms with E-state index in [9.17, 15) is 9.59 Å². The molecule has 1 amide bonds. The Bertz CT molecular complexity index is 973. The Morgan fingerprint density at radius 1 is 1.31 bits per heavy atom. The van der Waals surface area contributed by atoms with Crippen molar-refractivity contribution in [1.82, 2.24) is 9.88 Å². The number of esters is 1. The van der Waals surface area contributed by atoms with Crippen LogP contribution in [0.5, 0.6) is 0 Å². The zero-order chi connectivity index (χ0) is 18.1. The third kappa shape index (κ3) is 3.01. The van der Waals surface area contributed by atoms with Gasteiger partial charge in [0.2, 0.25) is 5.91 Å². The molecule has 1 N–H and O–H groups in total. The van der Waals surface area contributed by atoms with Crippen molar-refractivity contribution < 1.29 is 14.3 Å². The first-order chi connectivity index (χ1) is 12.7. The van der Waals surface area contributed by atoms with Gasteiger partial charge in [-0.15, -0.1) is 11.3 Å². The summed E-state index contributed by atoms with van der Waals surface area (Å²) in [5, 5.41) is 6.05. The number of benzene rings is 1. The number of hydrogen-bond donors (Lipinski definition) is 1. The predicted octanol–water partition coefficient (Wildman–Crippen LogP) is 3.68. The summed E-state index contributed by atoms with van der Waals surface area (Å²) in [5.74, 6) is -0.521. The van der Waals surface area contributed by atoms with Gasteiger partial charge in [-0.3, -0.25) is 4.79 Å². The second-order valence-electron chi connectivity index (χ2n) is 6.50. The normalized spacial score (nSPS) is 16.3. The largest absolute Gasteiger partial charge is 0.464 e. The molecule has 1 aromatic carbocycles. The van der Waals surface area contributed by atoms with E-state index in [4.69, 9.17) is 4.74 Å². The van der Waals surface area contributed by atoms with E-state index in [1.165, 1.54) is 29.6 Å². The van der Waals surface area contributed by atoms with Gasteiger partial charge in [0.1, 0.15) is 17.1 Å². The highest BCUT2D eigenvalue weighted by Crippen LogP contribution is 2.30. The first-order valence-electron chi connectivity index (χ1n) is 8.69. The van der Waals surface area contributed by atoms with Crippen LogP contribution in [0.4, 0.5) is 0 Å². The van der Waals surface area contributed by atoms with Gasteiger partial charge in [-0.1, -0.05) is 24.3 Å². The highest BCUT2D eigenvalue weighted by Gasteiger charge is 2.23. The topological polar surface area (TPSA) is 60.3 Å². The summed E-state index contributed by atoms with van der Waals surface area (Å²) in [5.41, 5.74) is 2.92. The average molecular weight is 368 g/mol. The van der Waals surface area contributed by atoms with Crippen molar-refractivity contribution in [3.05, 3.63) is 58.6 Å². The summed E-state index contributed by atoms with van der Waals surface area (Å²) in [6.07, 6.45) is 3.06. The second kappa shape index (κ2) is 6.96. The molecule has 2 heterocycles. The van der Waals surface area contributed by atoms with Crippen LogP contribution in [0.1, 0.15) is 40.5 Å². The minimum Gasteiger partial charge on any atom is -0.464 e. The fraction of sp³-hybridized carbons (Fsp3) is 0.300. The predicted molar refractivity (Wildman–Crippen MR) is 101 cm³/mol. The number of methoxy groups -OCH3 is 1.